The van der Waals surface area contributed by atoms with Crippen molar-refractivity contribution >= 4 is 29.3 Å². The van der Waals surface area contributed by atoms with Crippen molar-refractivity contribution in [3.8, 4) is 22.7 Å². The number of carbonyl (C=O) groups excluding carboxylic acids is 1. The fourth-order valence-corrected chi connectivity index (χ4v) is 3.29. The van der Waals surface area contributed by atoms with Gasteiger partial charge in [0, 0.05) is 10.6 Å². The number of aromatic nitrogens is 2. The van der Waals surface area contributed by atoms with Gasteiger partial charge >= 0.3 is 0 Å². The first kappa shape index (κ1) is 17.4. The maximum atomic E-state index is 11.2. The second-order valence-electron chi connectivity index (χ2n) is 5.20. The molecular weight excluding hydrogens is 358 g/mol. The molecule has 0 saturated carbocycles. The van der Waals surface area contributed by atoms with Crippen LogP contribution in [-0.2, 0) is 4.79 Å². The number of halogens is 1. The number of imidazole rings is 1. The summed E-state index contributed by atoms with van der Waals surface area (Å²) in [5.41, 5.74) is 7.94. The van der Waals surface area contributed by atoms with Crippen molar-refractivity contribution in [1.82, 2.24) is 9.55 Å². The minimum atomic E-state index is -0.396. The zero-order valence-electron chi connectivity index (χ0n) is 13.5. The number of thioether (sulfide) groups is 1. The molecule has 0 atom stereocenters. The van der Waals surface area contributed by atoms with Crippen LogP contribution in [0.3, 0.4) is 0 Å². The SMILES string of the molecule is COc1ccccc1-n1c(-c2ccc(Cl)cc2)cnc1SCC(N)=O. The van der Waals surface area contributed by atoms with Crippen molar-refractivity contribution in [3.05, 3.63) is 59.8 Å². The van der Waals surface area contributed by atoms with Crippen LogP contribution < -0.4 is 10.5 Å². The van der Waals surface area contributed by atoms with Crippen molar-refractivity contribution < 1.29 is 9.53 Å². The van der Waals surface area contributed by atoms with E-state index in [1.165, 1.54) is 11.8 Å². The largest absolute Gasteiger partial charge is 0.495 e. The van der Waals surface area contributed by atoms with Crippen LogP contribution in [0.1, 0.15) is 0 Å². The Kier molecular flexibility index (Phi) is 5.31. The molecule has 0 aliphatic heterocycles. The van der Waals surface area contributed by atoms with Crippen molar-refractivity contribution in [1.29, 1.82) is 0 Å². The fourth-order valence-electron chi connectivity index (χ4n) is 2.44. The van der Waals surface area contributed by atoms with Crippen LogP contribution in [0.15, 0.2) is 59.9 Å². The molecule has 0 saturated heterocycles. The van der Waals surface area contributed by atoms with Crippen molar-refractivity contribution in [2.24, 2.45) is 5.73 Å². The molecule has 1 aromatic heterocycles. The number of primary amides is 1. The Morgan fingerprint density at radius 2 is 1.96 bits per heavy atom. The van der Waals surface area contributed by atoms with E-state index in [2.05, 4.69) is 4.98 Å². The molecule has 2 N–H and O–H groups in total. The normalized spacial score (nSPS) is 10.6. The number of methoxy groups -OCH3 is 1. The standard InChI is InChI=1S/C18H16ClN3O2S/c1-24-16-5-3-2-4-14(16)22-15(12-6-8-13(19)9-7-12)10-21-18(22)25-11-17(20)23/h2-10H,11H2,1H3,(H2,20,23). The molecule has 0 fully saturated rings. The minimum Gasteiger partial charge on any atom is -0.495 e. The second-order valence-corrected chi connectivity index (χ2v) is 6.57. The van der Waals surface area contributed by atoms with E-state index in [9.17, 15) is 4.79 Å². The van der Waals surface area contributed by atoms with Gasteiger partial charge in [-0.2, -0.15) is 0 Å². The van der Waals surface area contributed by atoms with Crippen LogP contribution in [0.2, 0.25) is 5.02 Å². The van der Waals surface area contributed by atoms with Crippen LogP contribution >= 0.6 is 23.4 Å². The van der Waals surface area contributed by atoms with Gasteiger partial charge in [0.1, 0.15) is 5.75 Å². The van der Waals surface area contributed by atoms with Crippen LogP contribution in [-0.4, -0.2) is 28.3 Å². The molecule has 0 aliphatic carbocycles. The first-order valence-electron chi connectivity index (χ1n) is 7.48. The van der Waals surface area contributed by atoms with E-state index in [0.29, 0.717) is 15.9 Å². The molecule has 0 spiro atoms. The number of hydrogen-bond acceptors (Lipinski definition) is 4. The maximum Gasteiger partial charge on any atom is 0.227 e. The maximum absolute atomic E-state index is 11.2. The molecule has 128 valence electrons. The molecular formula is C18H16ClN3O2S. The molecule has 3 rings (SSSR count). The number of carbonyl (C=O) groups is 1. The van der Waals surface area contributed by atoms with Gasteiger partial charge in [0.25, 0.3) is 0 Å². The highest BCUT2D eigenvalue weighted by molar-refractivity contribution is 7.99. The Bertz CT molecular complexity index is 894. The molecule has 25 heavy (non-hydrogen) atoms. The molecule has 0 unspecified atom stereocenters. The van der Waals surface area contributed by atoms with Gasteiger partial charge in [-0.25, -0.2) is 4.98 Å². The Morgan fingerprint density at radius 3 is 2.64 bits per heavy atom. The Hall–Kier alpha value is -2.44. The molecule has 7 heteroatoms. The van der Waals surface area contributed by atoms with Gasteiger partial charge in [0.2, 0.25) is 5.91 Å². The first-order chi connectivity index (χ1) is 12.1. The Morgan fingerprint density at radius 1 is 1.24 bits per heavy atom. The number of nitrogens with zero attached hydrogens (tertiary/aromatic N) is 2. The zero-order chi connectivity index (χ0) is 17.8. The quantitative estimate of drug-likeness (QED) is 0.667. The Balaban J connectivity index is 2.16. The highest BCUT2D eigenvalue weighted by Crippen LogP contribution is 2.34. The molecule has 1 heterocycles. The van der Waals surface area contributed by atoms with Crippen molar-refractivity contribution in [2.75, 3.05) is 12.9 Å². The lowest BCUT2D eigenvalue weighted by atomic mass is 10.1. The third-order valence-corrected chi connectivity index (χ3v) is 4.77. The number of nitrogens with two attached hydrogens (primary N) is 1. The monoisotopic (exact) mass is 373 g/mol. The minimum absolute atomic E-state index is 0.145. The number of para-hydroxylation sites is 2. The van der Waals surface area contributed by atoms with Gasteiger partial charge in [-0.3, -0.25) is 9.36 Å². The smallest absolute Gasteiger partial charge is 0.227 e. The molecule has 0 aliphatic rings. The highest BCUT2D eigenvalue weighted by atomic mass is 35.5. The molecule has 5 nitrogen and oxygen atoms in total. The fraction of sp³-hybridized carbons (Fsp3) is 0.111. The lowest BCUT2D eigenvalue weighted by Gasteiger charge is -2.15. The number of amides is 1. The van der Waals surface area contributed by atoms with Crippen molar-refractivity contribution in [3.63, 3.8) is 0 Å². The lowest BCUT2D eigenvalue weighted by molar-refractivity contribution is -0.115. The van der Waals surface area contributed by atoms with Gasteiger partial charge in [-0.1, -0.05) is 47.6 Å². The first-order valence-corrected chi connectivity index (χ1v) is 8.84. The molecule has 2 aromatic carbocycles. The van der Waals surface area contributed by atoms with Crippen molar-refractivity contribution in [2.45, 2.75) is 5.16 Å². The van der Waals surface area contributed by atoms with Crippen LogP contribution in [0.5, 0.6) is 5.75 Å². The molecule has 0 radical (unpaired) electrons. The number of hydrogen-bond donors (Lipinski definition) is 1. The summed E-state index contributed by atoms with van der Waals surface area (Å²) in [6, 6.07) is 15.1. The van der Waals surface area contributed by atoms with E-state index in [4.69, 9.17) is 22.1 Å². The van der Waals surface area contributed by atoms with E-state index in [0.717, 1.165) is 16.9 Å². The van der Waals surface area contributed by atoms with Crippen LogP contribution in [0.25, 0.3) is 16.9 Å². The van der Waals surface area contributed by atoms with Gasteiger partial charge < -0.3 is 10.5 Å². The summed E-state index contributed by atoms with van der Waals surface area (Å²) in [4.78, 5) is 15.7. The third kappa shape index (κ3) is 3.81. The van der Waals surface area contributed by atoms with Gasteiger partial charge in [0.05, 0.1) is 30.4 Å². The Labute approximate surface area is 154 Å². The molecule has 1 amide bonds. The van der Waals surface area contributed by atoms with Crippen LogP contribution in [0, 0.1) is 0 Å². The summed E-state index contributed by atoms with van der Waals surface area (Å²) < 4.78 is 7.44. The second kappa shape index (κ2) is 7.63. The summed E-state index contributed by atoms with van der Waals surface area (Å²) in [6.45, 7) is 0. The number of benzene rings is 2. The van der Waals surface area contributed by atoms with Gasteiger partial charge in [-0.15, -0.1) is 0 Å². The molecule has 0 bridgehead atoms. The van der Waals surface area contributed by atoms with Crippen LogP contribution in [0.4, 0.5) is 0 Å². The highest BCUT2D eigenvalue weighted by Gasteiger charge is 2.17. The summed E-state index contributed by atoms with van der Waals surface area (Å²) >= 11 is 7.28. The number of ether oxygens (including phenoxy) is 1. The number of rotatable bonds is 6. The predicted octanol–water partition coefficient (Wildman–Crippen LogP) is 3.78. The summed E-state index contributed by atoms with van der Waals surface area (Å²) in [7, 11) is 1.62. The lowest BCUT2D eigenvalue weighted by Crippen LogP contribution is -2.13. The summed E-state index contributed by atoms with van der Waals surface area (Å²) in [5, 5.41) is 1.32. The predicted molar refractivity (Wildman–Crippen MR) is 100 cm³/mol. The zero-order valence-corrected chi connectivity index (χ0v) is 15.1. The summed E-state index contributed by atoms with van der Waals surface area (Å²) in [5.74, 6) is 0.455. The van der Waals surface area contributed by atoms with E-state index in [1.807, 2.05) is 53.1 Å². The van der Waals surface area contributed by atoms with E-state index >= 15 is 0 Å². The van der Waals surface area contributed by atoms with E-state index in [-0.39, 0.29) is 5.75 Å². The van der Waals surface area contributed by atoms with E-state index < -0.39 is 5.91 Å². The molecule has 3 aromatic rings. The van der Waals surface area contributed by atoms with Gasteiger partial charge in [-0.05, 0) is 24.3 Å². The topological polar surface area (TPSA) is 70.1 Å². The average Bonchev–Trinajstić information content (AvgIpc) is 3.04. The average molecular weight is 374 g/mol. The van der Waals surface area contributed by atoms with E-state index in [1.54, 1.807) is 13.3 Å². The third-order valence-electron chi connectivity index (χ3n) is 3.54. The van der Waals surface area contributed by atoms with Gasteiger partial charge in [0.15, 0.2) is 5.16 Å². The summed E-state index contributed by atoms with van der Waals surface area (Å²) in [6.07, 6.45) is 1.76.